The molecule has 0 N–H and O–H groups in total. The Hall–Kier alpha value is -8.46. The van der Waals surface area contributed by atoms with Crippen LogP contribution in [0.15, 0.2) is 255 Å². The Morgan fingerprint density at radius 2 is 0.781 bits per heavy atom. The molecule has 0 aliphatic rings. The Labute approximate surface area is 373 Å². The van der Waals surface area contributed by atoms with Crippen LogP contribution in [0.25, 0.3) is 93.5 Å². The van der Waals surface area contributed by atoms with Crippen LogP contribution in [0, 0.1) is 0 Å². The van der Waals surface area contributed by atoms with Crippen LogP contribution in [0.1, 0.15) is 0 Å². The predicted octanol–water partition coefficient (Wildman–Crippen LogP) is 17.2. The molecule has 64 heavy (non-hydrogen) atoms. The van der Waals surface area contributed by atoms with Crippen molar-refractivity contribution in [3.63, 3.8) is 0 Å². The molecule has 0 unspecified atom stereocenters. The standard InChI is InChI=1S/C62H42N2/c1-3-14-43(15-4-1)47-17-11-18-48(40-47)44-30-35-53(36-31-44)63(54-37-32-45(33-38-54)49-34-39-57-51(41-49)29-28-46-16-7-8-23-56(46)57)55-22-12-19-50(42-55)58-25-13-27-61-62(58)59-24-9-10-26-60(59)64(61)52-20-5-2-6-21-52/h1-42H. The van der Waals surface area contributed by atoms with E-state index in [1.807, 2.05) is 0 Å². The molecule has 12 rings (SSSR count). The van der Waals surface area contributed by atoms with Crippen LogP contribution in [-0.4, -0.2) is 4.57 Å². The lowest BCUT2D eigenvalue weighted by Crippen LogP contribution is -2.10. The van der Waals surface area contributed by atoms with Crippen molar-refractivity contribution >= 4 is 60.4 Å². The Bertz CT molecular complexity index is 3640. The Kier molecular flexibility index (Phi) is 9.20. The molecule has 12 aromatic rings. The molecule has 0 amide bonds. The number of hydrogen-bond donors (Lipinski definition) is 0. The van der Waals surface area contributed by atoms with Gasteiger partial charge in [0.15, 0.2) is 0 Å². The van der Waals surface area contributed by atoms with Crippen molar-refractivity contribution in [1.29, 1.82) is 0 Å². The highest BCUT2D eigenvalue weighted by Gasteiger charge is 2.19. The van der Waals surface area contributed by atoms with E-state index in [-0.39, 0.29) is 0 Å². The zero-order chi connectivity index (χ0) is 42.4. The number of aromatic nitrogens is 1. The molecule has 0 aliphatic heterocycles. The number of hydrogen-bond acceptors (Lipinski definition) is 1. The molecule has 1 aromatic heterocycles. The van der Waals surface area contributed by atoms with Crippen molar-refractivity contribution in [2.75, 3.05) is 4.90 Å². The van der Waals surface area contributed by atoms with Gasteiger partial charge in [0.1, 0.15) is 0 Å². The van der Waals surface area contributed by atoms with E-state index in [1.165, 1.54) is 87.9 Å². The normalized spacial score (nSPS) is 11.4. The monoisotopic (exact) mass is 814 g/mol. The Morgan fingerprint density at radius 3 is 1.53 bits per heavy atom. The van der Waals surface area contributed by atoms with Crippen molar-refractivity contribution < 1.29 is 0 Å². The average Bonchev–Trinajstić information content (AvgIpc) is 3.72. The molecule has 0 saturated heterocycles. The van der Waals surface area contributed by atoms with E-state index in [4.69, 9.17) is 0 Å². The minimum Gasteiger partial charge on any atom is -0.310 e. The van der Waals surface area contributed by atoms with Gasteiger partial charge in [-0.05, 0) is 139 Å². The first-order valence-corrected chi connectivity index (χ1v) is 22.0. The summed E-state index contributed by atoms with van der Waals surface area (Å²) in [5, 5.41) is 7.56. The third-order valence-corrected chi connectivity index (χ3v) is 12.8. The summed E-state index contributed by atoms with van der Waals surface area (Å²) in [4.78, 5) is 2.39. The quantitative estimate of drug-likeness (QED) is 0.139. The summed E-state index contributed by atoms with van der Waals surface area (Å²) in [6, 6.07) is 92.6. The minimum atomic E-state index is 1.09. The number of nitrogens with zero attached hydrogens (tertiary/aromatic N) is 2. The molecule has 0 radical (unpaired) electrons. The zero-order valence-corrected chi connectivity index (χ0v) is 35.1. The largest absolute Gasteiger partial charge is 0.310 e. The van der Waals surface area contributed by atoms with E-state index in [0.717, 1.165) is 22.7 Å². The maximum Gasteiger partial charge on any atom is 0.0547 e. The summed E-state index contributed by atoms with van der Waals surface area (Å²) in [7, 11) is 0. The molecule has 0 atom stereocenters. The smallest absolute Gasteiger partial charge is 0.0547 e. The van der Waals surface area contributed by atoms with Crippen molar-refractivity contribution in [3.8, 4) is 50.2 Å². The lowest BCUT2D eigenvalue weighted by Gasteiger charge is -2.26. The van der Waals surface area contributed by atoms with Crippen LogP contribution in [0.3, 0.4) is 0 Å². The summed E-state index contributed by atoms with van der Waals surface area (Å²) in [6.45, 7) is 0. The summed E-state index contributed by atoms with van der Waals surface area (Å²) < 4.78 is 2.39. The predicted molar refractivity (Wildman–Crippen MR) is 272 cm³/mol. The lowest BCUT2D eigenvalue weighted by molar-refractivity contribution is 1.18. The van der Waals surface area contributed by atoms with E-state index in [2.05, 4.69) is 264 Å². The van der Waals surface area contributed by atoms with Crippen LogP contribution in [0.5, 0.6) is 0 Å². The van der Waals surface area contributed by atoms with Gasteiger partial charge in [-0.3, -0.25) is 0 Å². The van der Waals surface area contributed by atoms with Gasteiger partial charge in [-0.15, -0.1) is 0 Å². The van der Waals surface area contributed by atoms with Gasteiger partial charge in [-0.2, -0.15) is 0 Å². The summed E-state index contributed by atoms with van der Waals surface area (Å²) >= 11 is 0. The average molecular weight is 815 g/mol. The molecular formula is C62H42N2. The Morgan fingerprint density at radius 1 is 0.266 bits per heavy atom. The maximum atomic E-state index is 2.39. The summed E-state index contributed by atoms with van der Waals surface area (Å²) in [5.74, 6) is 0. The van der Waals surface area contributed by atoms with E-state index in [1.54, 1.807) is 0 Å². The van der Waals surface area contributed by atoms with Gasteiger partial charge in [0.25, 0.3) is 0 Å². The zero-order valence-electron chi connectivity index (χ0n) is 35.1. The molecule has 11 aromatic carbocycles. The first-order chi connectivity index (χ1) is 31.7. The van der Waals surface area contributed by atoms with E-state index < -0.39 is 0 Å². The first kappa shape index (κ1) is 37.3. The molecule has 0 spiro atoms. The number of benzene rings is 11. The SMILES string of the molecule is c1ccc(-c2cccc(-c3ccc(N(c4ccc(-c5ccc6c(ccc7ccccc76)c5)cc4)c4cccc(-c5cccc6c5c5ccccc5n6-c5ccccc5)c4)cc3)c2)cc1. The molecule has 0 saturated carbocycles. The lowest BCUT2D eigenvalue weighted by atomic mass is 9.97. The highest BCUT2D eigenvalue weighted by atomic mass is 15.1. The third-order valence-electron chi connectivity index (χ3n) is 12.8. The third kappa shape index (κ3) is 6.61. The molecular weight excluding hydrogens is 773 g/mol. The van der Waals surface area contributed by atoms with Crippen LogP contribution in [0.4, 0.5) is 17.1 Å². The van der Waals surface area contributed by atoms with Crippen molar-refractivity contribution in [2.45, 2.75) is 0 Å². The summed E-state index contributed by atoms with van der Waals surface area (Å²) in [6.07, 6.45) is 0. The second-order valence-corrected chi connectivity index (χ2v) is 16.5. The fraction of sp³-hybridized carbons (Fsp3) is 0. The molecule has 2 heteroatoms. The van der Waals surface area contributed by atoms with Gasteiger partial charge < -0.3 is 9.47 Å². The molecule has 0 aliphatic carbocycles. The number of rotatable bonds is 8. The van der Waals surface area contributed by atoms with Crippen LogP contribution in [0.2, 0.25) is 0 Å². The first-order valence-electron chi connectivity index (χ1n) is 22.0. The van der Waals surface area contributed by atoms with Crippen LogP contribution < -0.4 is 4.90 Å². The van der Waals surface area contributed by atoms with Crippen molar-refractivity contribution in [3.05, 3.63) is 255 Å². The number of anilines is 3. The topological polar surface area (TPSA) is 8.17 Å². The molecule has 2 nitrogen and oxygen atoms in total. The molecule has 0 bridgehead atoms. The van der Waals surface area contributed by atoms with Gasteiger partial charge in [-0.25, -0.2) is 0 Å². The van der Waals surface area contributed by atoms with E-state index in [9.17, 15) is 0 Å². The fourth-order valence-electron chi connectivity index (χ4n) is 9.68. The van der Waals surface area contributed by atoms with Crippen molar-refractivity contribution in [2.24, 2.45) is 0 Å². The second kappa shape index (κ2) is 15.8. The highest BCUT2D eigenvalue weighted by Crippen LogP contribution is 2.42. The molecule has 1 heterocycles. The summed E-state index contributed by atoms with van der Waals surface area (Å²) in [5.41, 5.74) is 16.4. The fourth-order valence-corrected chi connectivity index (χ4v) is 9.68. The van der Waals surface area contributed by atoms with E-state index in [0.29, 0.717) is 0 Å². The second-order valence-electron chi connectivity index (χ2n) is 16.5. The Balaban J connectivity index is 0.967. The minimum absolute atomic E-state index is 1.09. The number of para-hydroxylation sites is 2. The maximum absolute atomic E-state index is 2.39. The molecule has 300 valence electrons. The van der Waals surface area contributed by atoms with E-state index >= 15 is 0 Å². The van der Waals surface area contributed by atoms with Gasteiger partial charge >= 0.3 is 0 Å². The van der Waals surface area contributed by atoms with Gasteiger partial charge in [-0.1, -0.05) is 182 Å². The number of fused-ring (bicyclic) bond motifs is 6. The van der Waals surface area contributed by atoms with Crippen LogP contribution >= 0.6 is 0 Å². The van der Waals surface area contributed by atoms with Gasteiger partial charge in [0.05, 0.1) is 11.0 Å². The van der Waals surface area contributed by atoms with Gasteiger partial charge in [0.2, 0.25) is 0 Å². The van der Waals surface area contributed by atoms with Crippen LogP contribution in [-0.2, 0) is 0 Å². The molecule has 0 fully saturated rings. The van der Waals surface area contributed by atoms with Gasteiger partial charge in [0, 0.05) is 33.5 Å². The highest BCUT2D eigenvalue weighted by molar-refractivity contribution is 6.16. The van der Waals surface area contributed by atoms with Crippen molar-refractivity contribution in [1.82, 2.24) is 4.57 Å².